The lowest BCUT2D eigenvalue weighted by atomic mass is 10.0. The van der Waals surface area contributed by atoms with Crippen molar-refractivity contribution >= 4 is 11.6 Å². The van der Waals surface area contributed by atoms with Crippen molar-refractivity contribution in [2.24, 2.45) is 0 Å². The first-order chi connectivity index (χ1) is 8.44. The lowest BCUT2D eigenvalue weighted by Gasteiger charge is -2.23. The van der Waals surface area contributed by atoms with Crippen molar-refractivity contribution in [1.29, 1.82) is 0 Å². The van der Waals surface area contributed by atoms with Crippen molar-refractivity contribution in [1.82, 2.24) is 5.32 Å². The number of hydrogen-bond donors (Lipinski definition) is 2. The fraction of sp³-hybridized carbons (Fsp3) is 0.538. The smallest absolute Gasteiger partial charge is 0.123 e. The second-order valence-electron chi connectivity index (χ2n) is 4.58. The summed E-state index contributed by atoms with van der Waals surface area (Å²) in [6, 6.07) is 4.23. The molecule has 102 valence electrons. The Morgan fingerprint density at radius 3 is 2.89 bits per heavy atom. The average molecular weight is 276 g/mol. The maximum absolute atomic E-state index is 13.0. The molecule has 0 radical (unpaired) electrons. The molecule has 1 aromatic carbocycles. The average Bonchev–Trinajstić information content (AvgIpc) is 2.31. The zero-order chi connectivity index (χ0) is 13.6. The van der Waals surface area contributed by atoms with Crippen LogP contribution in [0, 0.1) is 5.82 Å². The van der Waals surface area contributed by atoms with Crippen LogP contribution in [0.5, 0.6) is 0 Å². The van der Waals surface area contributed by atoms with Crippen LogP contribution >= 0.6 is 11.6 Å². The summed E-state index contributed by atoms with van der Waals surface area (Å²) in [6.45, 7) is 3.03. The Kier molecular flexibility index (Phi) is 6.02. The number of halogens is 2. The summed E-state index contributed by atoms with van der Waals surface area (Å²) in [4.78, 5) is 0. The van der Waals surface area contributed by atoms with Gasteiger partial charge in [0.15, 0.2) is 0 Å². The number of rotatable bonds is 7. The van der Waals surface area contributed by atoms with E-state index in [1.54, 1.807) is 14.0 Å². The molecular weight excluding hydrogens is 257 g/mol. The molecule has 2 N–H and O–H groups in total. The maximum atomic E-state index is 13.0. The summed E-state index contributed by atoms with van der Waals surface area (Å²) >= 11 is 5.94. The monoisotopic (exact) mass is 275 g/mol. The highest BCUT2D eigenvalue weighted by Crippen LogP contribution is 2.17. The van der Waals surface area contributed by atoms with Gasteiger partial charge in [-0.3, -0.25) is 0 Å². The minimum absolute atomic E-state index is 0.317. The van der Waals surface area contributed by atoms with Gasteiger partial charge in [-0.05, 0) is 30.7 Å². The molecule has 0 spiro atoms. The normalized spacial score (nSPS) is 14.5. The fourth-order valence-electron chi connectivity index (χ4n) is 1.56. The highest BCUT2D eigenvalue weighted by molar-refractivity contribution is 6.31. The van der Waals surface area contributed by atoms with Crippen molar-refractivity contribution in [3.05, 3.63) is 34.6 Å². The van der Waals surface area contributed by atoms with Crippen LogP contribution in [-0.4, -0.2) is 31.0 Å². The summed E-state index contributed by atoms with van der Waals surface area (Å²) in [5.41, 5.74) is -0.172. The van der Waals surface area contributed by atoms with Gasteiger partial charge in [0.1, 0.15) is 5.82 Å². The molecule has 5 heteroatoms. The van der Waals surface area contributed by atoms with E-state index in [-0.39, 0.29) is 5.82 Å². The van der Waals surface area contributed by atoms with Crippen LogP contribution in [0.3, 0.4) is 0 Å². The second kappa shape index (κ2) is 7.04. The molecule has 1 rings (SSSR count). The van der Waals surface area contributed by atoms with Crippen molar-refractivity contribution in [2.75, 3.05) is 20.3 Å². The molecule has 0 amide bonds. The van der Waals surface area contributed by atoms with Gasteiger partial charge in [-0.1, -0.05) is 11.6 Å². The van der Waals surface area contributed by atoms with Crippen LogP contribution in [0.15, 0.2) is 18.2 Å². The van der Waals surface area contributed by atoms with E-state index in [0.29, 0.717) is 36.7 Å². The lowest BCUT2D eigenvalue weighted by Crippen LogP contribution is -2.38. The summed E-state index contributed by atoms with van der Waals surface area (Å²) in [7, 11) is 1.59. The summed E-state index contributed by atoms with van der Waals surface area (Å²) in [5, 5.41) is 13.6. The number of aliphatic hydroxyl groups is 1. The Hall–Kier alpha value is -0.680. The number of benzene rings is 1. The Bertz CT molecular complexity index is 385. The van der Waals surface area contributed by atoms with Crippen molar-refractivity contribution < 1.29 is 14.2 Å². The third-order valence-corrected chi connectivity index (χ3v) is 3.04. The van der Waals surface area contributed by atoms with Crippen molar-refractivity contribution in [3.8, 4) is 0 Å². The molecule has 18 heavy (non-hydrogen) atoms. The third-order valence-electron chi connectivity index (χ3n) is 2.67. The molecule has 0 bridgehead atoms. The molecule has 1 unspecified atom stereocenters. The predicted octanol–water partition coefficient (Wildman–Crippen LogP) is 2.36. The van der Waals surface area contributed by atoms with E-state index >= 15 is 0 Å². The van der Waals surface area contributed by atoms with E-state index < -0.39 is 5.60 Å². The van der Waals surface area contributed by atoms with Gasteiger partial charge >= 0.3 is 0 Å². The Morgan fingerprint density at radius 1 is 1.50 bits per heavy atom. The number of ether oxygens (including phenoxy) is 1. The largest absolute Gasteiger partial charge is 0.389 e. The van der Waals surface area contributed by atoms with E-state index in [0.717, 1.165) is 0 Å². The SMILES string of the molecule is COCCC(C)(O)CNCc1cc(F)ccc1Cl. The topological polar surface area (TPSA) is 41.5 Å². The zero-order valence-electron chi connectivity index (χ0n) is 10.7. The third kappa shape index (κ3) is 5.31. The zero-order valence-corrected chi connectivity index (χ0v) is 11.4. The van der Waals surface area contributed by atoms with Gasteiger partial charge in [0.05, 0.1) is 5.60 Å². The van der Waals surface area contributed by atoms with E-state index in [2.05, 4.69) is 5.32 Å². The van der Waals surface area contributed by atoms with Gasteiger partial charge in [-0.15, -0.1) is 0 Å². The van der Waals surface area contributed by atoms with Crippen LogP contribution in [0.4, 0.5) is 4.39 Å². The lowest BCUT2D eigenvalue weighted by molar-refractivity contribution is 0.0247. The predicted molar refractivity (Wildman–Crippen MR) is 70.2 cm³/mol. The summed E-state index contributed by atoms with van der Waals surface area (Å²) in [5.74, 6) is -0.317. The summed E-state index contributed by atoms with van der Waals surface area (Å²) in [6.07, 6.45) is 0.535. The first-order valence-corrected chi connectivity index (χ1v) is 6.18. The molecule has 0 aliphatic heterocycles. The minimum atomic E-state index is -0.851. The Balaban J connectivity index is 2.43. The van der Waals surface area contributed by atoms with E-state index in [4.69, 9.17) is 16.3 Å². The number of hydrogen-bond acceptors (Lipinski definition) is 3. The molecular formula is C13H19ClFNO2. The molecule has 3 nitrogen and oxygen atoms in total. The molecule has 0 heterocycles. The number of methoxy groups -OCH3 is 1. The first kappa shape index (κ1) is 15.4. The molecule has 0 aromatic heterocycles. The van der Waals surface area contributed by atoms with Gasteiger partial charge in [-0.2, -0.15) is 0 Å². The molecule has 0 saturated carbocycles. The maximum Gasteiger partial charge on any atom is 0.123 e. The van der Waals surface area contributed by atoms with Gasteiger partial charge in [-0.25, -0.2) is 4.39 Å². The van der Waals surface area contributed by atoms with Crippen LogP contribution in [0.1, 0.15) is 18.9 Å². The fourth-order valence-corrected chi connectivity index (χ4v) is 1.74. The van der Waals surface area contributed by atoms with Gasteiger partial charge in [0, 0.05) is 38.2 Å². The Labute approximate surface area is 112 Å². The standard InChI is InChI=1S/C13H19ClFNO2/c1-13(17,5-6-18-2)9-16-8-10-7-11(15)3-4-12(10)14/h3-4,7,16-17H,5-6,8-9H2,1-2H3. The second-order valence-corrected chi connectivity index (χ2v) is 4.99. The highest BCUT2D eigenvalue weighted by atomic mass is 35.5. The van der Waals surface area contributed by atoms with E-state index in [9.17, 15) is 9.50 Å². The summed E-state index contributed by atoms with van der Waals surface area (Å²) < 4.78 is 17.9. The van der Waals surface area contributed by atoms with E-state index in [1.807, 2.05) is 0 Å². The Morgan fingerprint density at radius 2 is 2.22 bits per heavy atom. The highest BCUT2D eigenvalue weighted by Gasteiger charge is 2.19. The molecule has 1 aromatic rings. The van der Waals surface area contributed by atoms with Crippen LogP contribution in [-0.2, 0) is 11.3 Å². The number of nitrogens with one attached hydrogen (secondary N) is 1. The van der Waals surface area contributed by atoms with Gasteiger partial charge in [0.2, 0.25) is 0 Å². The van der Waals surface area contributed by atoms with Crippen molar-refractivity contribution in [2.45, 2.75) is 25.5 Å². The quantitative estimate of drug-likeness (QED) is 0.803. The molecule has 1 atom stereocenters. The minimum Gasteiger partial charge on any atom is -0.389 e. The molecule has 0 aliphatic rings. The van der Waals surface area contributed by atoms with Crippen LogP contribution in [0.2, 0.25) is 5.02 Å². The molecule has 0 aliphatic carbocycles. The van der Waals surface area contributed by atoms with Gasteiger partial charge < -0.3 is 15.2 Å². The first-order valence-electron chi connectivity index (χ1n) is 5.80. The van der Waals surface area contributed by atoms with Crippen LogP contribution < -0.4 is 5.32 Å². The molecule has 0 fully saturated rings. The van der Waals surface area contributed by atoms with Crippen LogP contribution in [0.25, 0.3) is 0 Å². The van der Waals surface area contributed by atoms with E-state index in [1.165, 1.54) is 18.2 Å². The van der Waals surface area contributed by atoms with Crippen molar-refractivity contribution in [3.63, 3.8) is 0 Å². The molecule has 0 saturated heterocycles. The van der Waals surface area contributed by atoms with Gasteiger partial charge in [0.25, 0.3) is 0 Å².